The molecular formula is C14H19N3O. The highest BCUT2D eigenvalue weighted by molar-refractivity contribution is 6.00. The first kappa shape index (κ1) is 12.6. The van der Waals surface area contributed by atoms with Crippen molar-refractivity contribution in [2.24, 2.45) is 5.73 Å². The quantitative estimate of drug-likeness (QED) is 0.818. The number of anilines is 2. The summed E-state index contributed by atoms with van der Waals surface area (Å²) >= 11 is 0. The molecule has 2 rings (SSSR count). The highest BCUT2D eigenvalue weighted by atomic mass is 16.2. The highest BCUT2D eigenvalue weighted by Crippen LogP contribution is 2.32. The van der Waals surface area contributed by atoms with Crippen molar-refractivity contribution < 1.29 is 4.79 Å². The predicted octanol–water partition coefficient (Wildman–Crippen LogP) is 1.37. The molecule has 1 aromatic rings. The Morgan fingerprint density at radius 3 is 2.78 bits per heavy atom. The number of fused-ring (bicyclic) bond motifs is 1. The number of amides is 1. The van der Waals surface area contributed by atoms with Gasteiger partial charge in [0.25, 0.3) is 0 Å². The standard InChI is InChI=1S/C14H19N3O/c1-3-6-11(15)14(18)17-10-9-16(2)12-7-4-5-8-13(12)17/h3-5,7-8,11H,1,6,9-10,15H2,2H3. The first-order valence-electron chi connectivity index (χ1n) is 6.13. The molecule has 4 heteroatoms. The van der Waals surface area contributed by atoms with E-state index < -0.39 is 6.04 Å². The number of hydrogen-bond acceptors (Lipinski definition) is 3. The molecule has 1 aliphatic rings. The van der Waals surface area contributed by atoms with Gasteiger partial charge < -0.3 is 15.5 Å². The Morgan fingerprint density at radius 2 is 2.11 bits per heavy atom. The molecule has 1 unspecified atom stereocenters. The van der Waals surface area contributed by atoms with Crippen LogP contribution in [-0.2, 0) is 4.79 Å². The Balaban J connectivity index is 2.28. The largest absolute Gasteiger partial charge is 0.371 e. The molecule has 1 aromatic carbocycles. The smallest absolute Gasteiger partial charge is 0.244 e. The summed E-state index contributed by atoms with van der Waals surface area (Å²) in [5, 5.41) is 0. The van der Waals surface area contributed by atoms with Gasteiger partial charge in [-0.2, -0.15) is 0 Å². The summed E-state index contributed by atoms with van der Waals surface area (Å²) in [5.41, 5.74) is 7.89. The molecule has 1 heterocycles. The lowest BCUT2D eigenvalue weighted by molar-refractivity contribution is -0.119. The van der Waals surface area contributed by atoms with Crippen LogP contribution in [0, 0.1) is 0 Å². The van der Waals surface area contributed by atoms with E-state index in [2.05, 4.69) is 11.5 Å². The number of benzene rings is 1. The van der Waals surface area contributed by atoms with Gasteiger partial charge in [-0.15, -0.1) is 6.58 Å². The van der Waals surface area contributed by atoms with Crippen LogP contribution in [0.3, 0.4) is 0 Å². The van der Waals surface area contributed by atoms with Crippen molar-refractivity contribution in [3.8, 4) is 0 Å². The molecule has 2 N–H and O–H groups in total. The molecule has 0 aliphatic carbocycles. The second-order valence-corrected chi connectivity index (χ2v) is 4.53. The molecule has 0 aromatic heterocycles. The summed E-state index contributed by atoms with van der Waals surface area (Å²) in [6.45, 7) is 5.13. The van der Waals surface area contributed by atoms with Crippen LogP contribution in [0.2, 0.25) is 0 Å². The number of nitrogens with two attached hydrogens (primary N) is 1. The Bertz CT molecular complexity index is 458. The van der Waals surface area contributed by atoms with E-state index in [0.29, 0.717) is 13.0 Å². The summed E-state index contributed by atoms with van der Waals surface area (Å²) in [5.74, 6) is -0.0320. The van der Waals surface area contributed by atoms with Gasteiger partial charge in [-0.05, 0) is 18.6 Å². The predicted molar refractivity (Wildman–Crippen MR) is 74.9 cm³/mol. The van der Waals surface area contributed by atoms with Crippen molar-refractivity contribution in [2.45, 2.75) is 12.5 Å². The Kier molecular flexibility index (Phi) is 3.67. The summed E-state index contributed by atoms with van der Waals surface area (Å²) in [6, 6.07) is 7.40. The van der Waals surface area contributed by atoms with E-state index in [4.69, 9.17) is 5.73 Å². The SMILES string of the molecule is C=CCC(N)C(=O)N1CCN(C)c2ccccc21. The Morgan fingerprint density at radius 1 is 1.44 bits per heavy atom. The molecule has 1 aliphatic heterocycles. The van der Waals surface area contributed by atoms with Gasteiger partial charge in [0.15, 0.2) is 0 Å². The third kappa shape index (κ3) is 2.24. The minimum atomic E-state index is -0.501. The van der Waals surface area contributed by atoms with E-state index >= 15 is 0 Å². The summed E-state index contributed by atoms with van der Waals surface area (Å²) in [6.07, 6.45) is 2.19. The van der Waals surface area contributed by atoms with Crippen LogP contribution in [0.5, 0.6) is 0 Å². The maximum absolute atomic E-state index is 12.3. The van der Waals surface area contributed by atoms with Gasteiger partial charge in [0.2, 0.25) is 5.91 Å². The average Bonchev–Trinajstić information content (AvgIpc) is 2.39. The Hall–Kier alpha value is -1.81. The molecule has 0 spiro atoms. The van der Waals surface area contributed by atoms with Crippen molar-refractivity contribution >= 4 is 17.3 Å². The third-order valence-electron chi connectivity index (χ3n) is 3.25. The molecule has 4 nitrogen and oxygen atoms in total. The average molecular weight is 245 g/mol. The van der Waals surface area contributed by atoms with Gasteiger partial charge in [0, 0.05) is 20.1 Å². The van der Waals surface area contributed by atoms with Crippen LogP contribution < -0.4 is 15.5 Å². The lowest BCUT2D eigenvalue weighted by atomic mass is 10.1. The first-order chi connectivity index (χ1) is 8.65. The van der Waals surface area contributed by atoms with E-state index in [1.54, 1.807) is 11.0 Å². The van der Waals surface area contributed by atoms with Crippen molar-refractivity contribution in [1.29, 1.82) is 0 Å². The second kappa shape index (κ2) is 5.23. The summed E-state index contributed by atoms with van der Waals surface area (Å²) in [4.78, 5) is 16.2. The van der Waals surface area contributed by atoms with E-state index in [-0.39, 0.29) is 5.91 Å². The Labute approximate surface area is 108 Å². The van der Waals surface area contributed by atoms with Crippen LogP contribution in [0.15, 0.2) is 36.9 Å². The van der Waals surface area contributed by atoms with E-state index in [1.807, 2.05) is 31.3 Å². The van der Waals surface area contributed by atoms with Gasteiger partial charge in [-0.1, -0.05) is 18.2 Å². The molecule has 1 amide bonds. The molecule has 0 saturated carbocycles. The fourth-order valence-corrected chi connectivity index (χ4v) is 2.22. The van der Waals surface area contributed by atoms with Crippen LogP contribution >= 0.6 is 0 Å². The molecule has 1 atom stereocenters. The number of carbonyl (C=O) groups excluding carboxylic acids is 1. The number of rotatable bonds is 3. The van der Waals surface area contributed by atoms with Crippen LogP contribution in [0.25, 0.3) is 0 Å². The minimum absolute atomic E-state index is 0.0320. The van der Waals surface area contributed by atoms with Crippen LogP contribution in [0.1, 0.15) is 6.42 Å². The van der Waals surface area contributed by atoms with Gasteiger partial charge in [0.05, 0.1) is 17.4 Å². The lowest BCUT2D eigenvalue weighted by Crippen LogP contribution is -2.49. The van der Waals surface area contributed by atoms with Crippen molar-refractivity contribution in [1.82, 2.24) is 0 Å². The number of nitrogens with zero attached hydrogens (tertiary/aromatic N) is 2. The fourth-order valence-electron chi connectivity index (χ4n) is 2.22. The zero-order valence-corrected chi connectivity index (χ0v) is 10.7. The number of carbonyl (C=O) groups is 1. The van der Waals surface area contributed by atoms with Crippen LogP contribution in [0.4, 0.5) is 11.4 Å². The fraction of sp³-hybridized carbons (Fsp3) is 0.357. The van der Waals surface area contributed by atoms with Crippen molar-refractivity contribution in [3.63, 3.8) is 0 Å². The zero-order valence-electron chi connectivity index (χ0n) is 10.7. The molecule has 0 radical (unpaired) electrons. The third-order valence-corrected chi connectivity index (χ3v) is 3.25. The second-order valence-electron chi connectivity index (χ2n) is 4.53. The monoisotopic (exact) mass is 245 g/mol. The lowest BCUT2D eigenvalue weighted by Gasteiger charge is -2.36. The maximum atomic E-state index is 12.3. The molecule has 96 valence electrons. The normalized spacial score (nSPS) is 16.1. The summed E-state index contributed by atoms with van der Waals surface area (Å²) < 4.78 is 0. The van der Waals surface area contributed by atoms with Gasteiger partial charge in [0.1, 0.15) is 0 Å². The molecule has 0 saturated heterocycles. The number of para-hydroxylation sites is 2. The van der Waals surface area contributed by atoms with Gasteiger partial charge in [-0.3, -0.25) is 4.79 Å². The first-order valence-corrected chi connectivity index (χ1v) is 6.13. The number of likely N-dealkylation sites (N-methyl/N-ethyl adjacent to an activating group) is 1. The van der Waals surface area contributed by atoms with Gasteiger partial charge >= 0.3 is 0 Å². The molecule has 0 bridgehead atoms. The van der Waals surface area contributed by atoms with E-state index in [9.17, 15) is 4.79 Å². The van der Waals surface area contributed by atoms with Crippen molar-refractivity contribution in [2.75, 3.05) is 29.9 Å². The number of hydrogen-bond donors (Lipinski definition) is 1. The topological polar surface area (TPSA) is 49.6 Å². The van der Waals surface area contributed by atoms with E-state index in [1.165, 1.54) is 0 Å². The zero-order chi connectivity index (χ0) is 13.1. The maximum Gasteiger partial charge on any atom is 0.244 e. The van der Waals surface area contributed by atoms with Gasteiger partial charge in [-0.25, -0.2) is 0 Å². The van der Waals surface area contributed by atoms with Crippen LogP contribution in [-0.4, -0.2) is 32.1 Å². The van der Waals surface area contributed by atoms with Crippen molar-refractivity contribution in [3.05, 3.63) is 36.9 Å². The molecule has 0 fully saturated rings. The molecular weight excluding hydrogens is 226 g/mol. The highest BCUT2D eigenvalue weighted by Gasteiger charge is 2.27. The minimum Gasteiger partial charge on any atom is -0.371 e. The summed E-state index contributed by atoms with van der Waals surface area (Å²) in [7, 11) is 2.03. The van der Waals surface area contributed by atoms with E-state index in [0.717, 1.165) is 17.9 Å². The molecule has 18 heavy (non-hydrogen) atoms.